The fourth-order valence-electron chi connectivity index (χ4n) is 6.24. The van der Waals surface area contributed by atoms with Gasteiger partial charge in [0.25, 0.3) is 0 Å². The summed E-state index contributed by atoms with van der Waals surface area (Å²) in [6.07, 6.45) is 30.7. The normalized spacial score (nSPS) is 8.10. The topological polar surface area (TPSA) is 206 Å². The average molecular weight is 1390 g/mol. The SMILES string of the molecule is CC.CC.CC.CC.CC.CC.CC.CC.CC.CC.Cc1ccc2ccccc2n1.Cc1cccnc1.Cc1ccnc2ccccc12.Cc1ccncc1.Cc1ccncn1.Cc1cnc2ccccc2c1.Cc1cnccn1.Cc1cncnc1.Cc1ncccn1.Cc1ncncn1. The first kappa shape index (κ1) is 105. The molecule has 554 valence electrons. The predicted octanol–water partition coefficient (Wildman–Crippen LogP) is 24.0. The molecule has 13 rings (SSSR count). The van der Waals surface area contributed by atoms with E-state index in [1.807, 2.05) is 310 Å². The van der Waals surface area contributed by atoms with Gasteiger partial charge in [-0.2, -0.15) is 0 Å². The third-order valence-electron chi connectivity index (χ3n) is 10.4. The Bertz CT molecular complexity index is 3230. The summed E-state index contributed by atoms with van der Waals surface area (Å²) in [6, 6.07) is 44.3. The van der Waals surface area contributed by atoms with Gasteiger partial charge < -0.3 is 0 Å². The lowest BCUT2D eigenvalue weighted by atomic mass is 10.1. The molecule has 10 heterocycles. The third-order valence-corrected chi connectivity index (χ3v) is 10.4. The molecule has 0 N–H and O–H groups in total. The highest BCUT2D eigenvalue weighted by Gasteiger charge is 1.95. The molecule has 0 spiro atoms. The molecule has 0 radical (unpaired) electrons. The van der Waals surface area contributed by atoms with E-state index in [4.69, 9.17) is 0 Å². The van der Waals surface area contributed by atoms with Gasteiger partial charge in [0, 0.05) is 114 Å². The maximum Gasteiger partial charge on any atom is 0.128 e. The average Bonchev–Trinajstić information content (AvgIpc) is 0.865. The van der Waals surface area contributed by atoms with Crippen molar-refractivity contribution >= 4 is 32.7 Å². The monoisotopic (exact) mass is 1390 g/mol. The number of para-hydroxylation sites is 3. The van der Waals surface area contributed by atoms with Crippen molar-refractivity contribution in [1.82, 2.24) is 79.7 Å². The largest absolute Gasteiger partial charge is 0.265 e. The van der Waals surface area contributed by atoms with Gasteiger partial charge in [-0.05, 0) is 164 Å². The molecule has 0 saturated carbocycles. The Labute approximate surface area is 619 Å². The molecule has 0 aliphatic carbocycles. The first-order chi connectivity index (χ1) is 49.9. The quantitative estimate of drug-likeness (QED) is 0.138. The molecule has 0 bridgehead atoms. The van der Waals surface area contributed by atoms with Crippen molar-refractivity contribution in [3.8, 4) is 0 Å². The first-order valence-electron chi connectivity index (χ1n) is 36.0. The summed E-state index contributed by atoms with van der Waals surface area (Å²) in [4.78, 5) is 62.4. The van der Waals surface area contributed by atoms with Gasteiger partial charge in [-0.25, -0.2) is 44.9 Å². The van der Waals surface area contributed by atoms with Crippen LogP contribution in [0.5, 0.6) is 0 Å². The van der Waals surface area contributed by atoms with E-state index in [-0.39, 0.29) is 0 Å². The van der Waals surface area contributed by atoms with E-state index in [1.165, 1.54) is 63.7 Å². The van der Waals surface area contributed by atoms with Crippen molar-refractivity contribution in [2.75, 3.05) is 0 Å². The van der Waals surface area contributed by atoms with E-state index in [0.29, 0.717) is 0 Å². The van der Waals surface area contributed by atoms with Gasteiger partial charge in [-0.1, -0.05) is 205 Å². The van der Waals surface area contributed by atoms with Crippen LogP contribution >= 0.6 is 0 Å². The molecule has 0 saturated heterocycles. The molecule has 3 aromatic carbocycles. The van der Waals surface area contributed by atoms with Gasteiger partial charge in [-0.15, -0.1) is 0 Å². The lowest BCUT2D eigenvalue weighted by Gasteiger charge is -1.97. The van der Waals surface area contributed by atoms with Crippen molar-refractivity contribution in [3.05, 3.63) is 302 Å². The molecule has 10 aromatic heterocycles. The van der Waals surface area contributed by atoms with E-state index in [9.17, 15) is 0 Å². The fraction of sp³-hybridized carbons (Fsp3) is 0.349. The number of aryl methyl sites for hydroxylation is 10. The van der Waals surface area contributed by atoms with Crippen LogP contribution in [0.1, 0.15) is 195 Å². The molecule has 0 atom stereocenters. The Morgan fingerprint density at radius 2 is 0.716 bits per heavy atom. The summed E-state index contributed by atoms with van der Waals surface area (Å²) >= 11 is 0. The van der Waals surface area contributed by atoms with Gasteiger partial charge in [0.1, 0.15) is 37.0 Å². The van der Waals surface area contributed by atoms with Crippen LogP contribution in [0.4, 0.5) is 0 Å². The molecule has 16 nitrogen and oxygen atoms in total. The van der Waals surface area contributed by atoms with E-state index in [0.717, 1.165) is 50.8 Å². The van der Waals surface area contributed by atoms with Crippen LogP contribution in [0.3, 0.4) is 0 Å². The summed E-state index contributed by atoms with van der Waals surface area (Å²) in [5.74, 6) is 1.58. The van der Waals surface area contributed by atoms with E-state index < -0.39 is 0 Å². The molecule has 0 amide bonds. The van der Waals surface area contributed by atoms with Crippen LogP contribution in [0.15, 0.2) is 246 Å². The van der Waals surface area contributed by atoms with E-state index >= 15 is 0 Å². The zero-order chi connectivity index (χ0) is 78.8. The molecule has 0 aliphatic heterocycles. The van der Waals surface area contributed by atoms with Crippen LogP contribution in [0.2, 0.25) is 0 Å². The molecule has 0 unspecified atom stereocenters. The van der Waals surface area contributed by atoms with Gasteiger partial charge in [0.15, 0.2) is 0 Å². The summed E-state index contributed by atoms with van der Waals surface area (Å²) in [6.45, 7) is 59.7. The minimum Gasteiger partial charge on any atom is -0.265 e. The second-order valence-electron chi connectivity index (χ2n) is 17.6. The Morgan fingerprint density at radius 1 is 0.216 bits per heavy atom. The van der Waals surface area contributed by atoms with Crippen molar-refractivity contribution in [2.45, 2.75) is 208 Å². The number of fused-ring (bicyclic) bond motifs is 3. The van der Waals surface area contributed by atoms with Crippen molar-refractivity contribution in [3.63, 3.8) is 0 Å². The van der Waals surface area contributed by atoms with Gasteiger partial charge in [0.05, 0.1) is 22.2 Å². The minimum atomic E-state index is 0.759. The molecule has 16 heteroatoms. The second-order valence-corrected chi connectivity index (χ2v) is 17.6. The molecule has 102 heavy (non-hydrogen) atoms. The Balaban J connectivity index is -0.000000192. The number of pyridine rings is 5. The molecular weight excluding hydrogens is 1260 g/mol. The van der Waals surface area contributed by atoms with E-state index in [1.54, 1.807) is 74.2 Å². The number of hydrogen-bond donors (Lipinski definition) is 0. The maximum atomic E-state index is 4.38. The van der Waals surface area contributed by atoms with Crippen molar-refractivity contribution in [2.24, 2.45) is 0 Å². The number of hydrogen-bond acceptors (Lipinski definition) is 16. The number of aromatic nitrogens is 16. The number of rotatable bonds is 0. The van der Waals surface area contributed by atoms with E-state index in [2.05, 4.69) is 124 Å². The van der Waals surface area contributed by atoms with Gasteiger partial charge >= 0.3 is 0 Å². The summed E-state index contributed by atoms with van der Waals surface area (Å²) in [5.41, 5.74) is 12.3. The lowest BCUT2D eigenvalue weighted by molar-refractivity contribution is 0.974. The molecule has 0 aliphatic rings. The Morgan fingerprint density at radius 3 is 1.11 bits per heavy atom. The fourth-order valence-corrected chi connectivity index (χ4v) is 6.24. The van der Waals surface area contributed by atoms with Crippen LogP contribution in [-0.4, -0.2) is 79.7 Å². The first-order valence-corrected chi connectivity index (χ1v) is 36.0. The van der Waals surface area contributed by atoms with Gasteiger partial charge in [-0.3, -0.25) is 34.9 Å². The molecule has 13 aromatic rings. The van der Waals surface area contributed by atoms with Crippen LogP contribution in [-0.2, 0) is 0 Å². The zero-order valence-electron chi connectivity index (χ0n) is 68.2. The highest BCUT2D eigenvalue weighted by molar-refractivity contribution is 5.81. The smallest absolute Gasteiger partial charge is 0.128 e. The van der Waals surface area contributed by atoms with Gasteiger partial charge in [0.2, 0.25) is 0 Å². The highest BCUT2D eigenvalue weighted by Crippen LogP contribution is 2.15. The second kappa shape index (κ2) is 82.9. The Hall–Kier alpha value is -10.5. The van der Waals surface area contributed by atoms with Crippen LogP contribution in [0, 0.1) is 69.2 Å². The van der Waals surface area contributed by atoms with Crippen LogP contribution in [0.25, 0.3) is 32.7 Å². The standard InChI is InChI=1S/3C10H9N.2C6H7N.4C5H6N2.C4H5N3.10C2H6/c1-8-6-9-4-2-3-5-10(9)11-7-8;1-8-6-7-11-10-5-3-2-4-9(8)10;1-8-6-7-9-4-2-3-5-10(9)11-8;1-6-2-4-7-5-3-6;1-6-3-2-4-7-5-6;1-5-2-6-4-7-3-5;1-5-4-6-2-3-7-5;1-5-2-3-6-4-7-5;1-5-6-3-2-4-7-5;1-4-6-2-5-3-7-4;10*1-2/h3*2-7H,1H3;2*2-5H,1H3;4*2-4H,1H3;2-3H,1H3;10*1-2H3. The summed E-state index contributed by atoms with van der Waals surface area (Å²) in [5, 5.41) is 3.67. The molecule has 0 fully saturated rings. The summed E-state index contributed by atoms with van der Waals surface area (Å²) < 4.78 is 0. The third kappa shape index (κ3) is 61.8. The van der Waals surface area contributed by atoms with Crippen molar-refractivity contribution in [1.29, 1.82) is 0 Å². The summed E-state index contributed by atoms with van der Waals surface area (Å²) in [7, 11) is 0. The highest BCUT2D eigenvalue weighted by atomic mass is 15.0. The predicted molar refractivity (Wildman–Crippen MR) is 443 cm³/mol. The van der Waals surface area contributed by atoms with Crippen LogP contribution < -0.4 is 0 Å². The van der Waals surface area contributed by atoms with Crippen molar-refractivity contribution < 1.29 is 0 Å². The number of nitrogens with zero attached hydrogens (tertiary/aromatic N) is 16. The zero-order valence-corrected chi connectivity index (χ0v) is 68.2. The Kier molecular flexibility index (Phi) is 85.4. The number of benzene rings is 3. The minimum absolute atomic E-state index is 0.759. The lowest BCUT2D eigenvalue weighted by Crippen LogP contribution is -1.84. The molecular formula is C86H130N16. The maximum absolute atomic E-state index is 4.38.